The second kappa shape index (κ2) is 6.53. The Labute approximate surface area is 107 Å². The number of rotatable bonds is 6. The number of aromatic amines is 1. The number of aromatic nitrogens is 2. The molecule has 0 aliphatic heterocycles. The van der Waals surface area contributed by atoms with E-state index in [0.29, 0.717) is 18.6 Å². The first kappa shape index (κ1) is 14.7. The summed E-state index contributed by atoms with van der Waals surface area (Å²) < 4.78 is 12.4. The molecule has 1 aromatic rings. The molecule has 18 heavy (non-hydrogen) atoms. The summed E-state index contributed by atoms with van der Waals surface area (Å²) in [6.07, 6.45) is 1.09. The highest BCUT2D eigenvalue weighted by Crippen LogP contribution is 2.11. The molecule has 0 radical (unpaired) electrons. The van der Waals surface area contributed by atoms with Gasteiger partial charge in [0, 0.05) is 28.9 Å². The van der Waals surface area contributed by atoms with E-state index in [1.807, 2.05) is 6.92 Å². The molecule has 0 bridgehead atoms. The van der Waals surface area contributed by atoms with Crippen LogP contribution in [0.15, 0.2) is 9.59 Å². The predicted octanol–water partition coefficient (Wildman–Crippen LogP) is -0.0367. The Balaban J connectivity index is 3.11. The molecule has 1 heterocycles. The normalized spacial score (nSPS) is 12.6. The first-order valence-electron chi connectivity index (χ1n) is 5.91. The van der Waals surface area contributed by atoms with Crippen molar-refractivity contribution in [3.05, 3.63) is 26.4 Å². The summed E-state index contributed by atoms with van der Waals surface area (Å²) >= 11 is 0. The zero-order valence-electron chi connectivity index (χ0n) is 10.6. The Morgan fingerprint density at radius 3 is 2.56 bits per heavy atom. The average molecular weight is 274 g/mol. The standard InChI is InChI=1S/C11H18N2O4S/c1-3-5-8-9(14)12-11(16)13(10(8)15)6-7-18(17)4-2/h15H,3-7H2,1-2H3,(H,12,14,16). The summed E-state index contributed by atoms with van der Waals surface area (Å²) in [7, 11) is -1.02. The van der Waals surface area contributed by atoms with E-state index >= 15 is 0 Å². The van der Waals surface area contributed by atoms with Crippen LogP contribution < -0.4 is 11.2 Å². The molecular formula is C11H18N2O4S. The van der Waals surface area contributed by atoms with Crippen LogP contribution >= 0.6 is 0 Å². The van der Waals surface area contributed by atoms with Gasteiger partial charge < -0.3 is 5.11 Å². The number of nitrogens with zero attached hydrogens (tertiary/aromatic N) is 1. The molecule has 0 saturated heterocycles. The minimum Gasteiger partial charge on any atom is -0.494 e. The molecule has 0 spiro atoms. The van der Waals surface area contributed by atoms with Gasteiger partial charge >= 0.3 is 5.69 Å². The summed E-state index contributed by atoms with van der Waals surface area (Å²) in [5.41, 5.74) is -1.00. The van der Waals surface area contributed by atoms with Gasteiger partial charge in [-0.1, -0.05) is 20.3 Å². The van der Waals surface area contributed by atoms with Gasteiger partial charge in [0.25, 0.3) is 5.56 Å². The average Bonchev–Trinajstić information content (AvgIpc) is 2.33. The van der Waals surface area contributed by atoms with E-state index in [1.54, 1.807) is 6.92 Å². The van der Waals surface area contributed by atoms with Crippen molar-refractivity contribution in [3.8, 4) is 5.88 Å². The van der Waals surface area contributed by atoms with Crippen molar-refractivity contribution in [1.29, 1.82) is 0 Å². The van der Waals surface area contributed by atoms with E-state index in [0.717, 1.165) is 4.57 Å². The Hall–Kier alpha value is -1.37. The Kier molecular flexibility index (Phi) is 5.33. The van der Waals surface area contributed by atoms with E-state index in [9.17, 15) is 18.9 Å². The van der Waals surface area contributed by atoms with Gasteiger partial charge in [0.1, 0.15) is 0 Å². The van der Waals surface area contributed by atoms with Gasteiger partial charge in [-0.05, 0) is 6.42 Å². The molecule has 1 unspecified atom stereocenters. The van der Waals surface area contributed by atoms with Crippen molar-refractivity contribution in [3.63, 3.8) is 0 Å². The quantitative estimate of drug-likeness (QED) is 0.761. The summed E-state index contributed by atoms with van der Waals surface area (Å²) in [5, 5.41) is 9.91. The predicted molar refractivity (Wildman–Crippen MR) is 70.5 cm³/mol. The third-order valence-corrected chi connectivity index (χ3v) is 3.91. The second-order valence-corrected chi connectivity index (χ2v) is 5.76. The summed E-state index contributed by atoms with van der Waals surface area (Å²) in [4.78, 5) is 25.2. The fourth-order valence-electron chi connectivity index (χ4n) is 1.62. The van der Waals surface area contributed by atoms with Crippen LogP contribution in [0.3, 0.4) is 0 Å². The lowest BCUT2D eigenvalue weighted by Gasteiger charge is -2.10. The smallest absolute Gasteiger partial charge is 0.331 e. The van der Waals surface area contributed by atoms with Gasteiger partial charge in [0.05, 0.1) is 5.56 Å². The lowest BCUT2D eigenvalue weighted by Crippen LogP contribution is -2.33. The van der Waals surface area contributed by atoms with E-state index in [1.165, 1.54) is 0 Å². The van der Waals surface area contributed by atoms with E-state index in [-0.39, 0.29) is 23.7 Å². The molecule has 0 aromatic carbocycles. The maximum absolute atomic E-state index is 11.6. The van der Waals surface area contributed by atoms with Gasteiger partial charge in [-0.3, -0.25) is 18.6 Å². The molecular weight excluding hydrogens is 256 g/mol. The maximum atomic E-state index is 11.6. The first-order chi connectivity index (χ1) is 8.51. The van der Waals surface area contributed by atoms with Crippen LogP contribution in [0.5, 0.6) is 5.88 Å². The van der Waals surface area contributed by atoms with Gasteiger partial charge in [-0.2, -0.15) is 0 Å². The molecule has 0 aliphatic rings. The highest BCUT2D eigenvalue weighted by Gasteiger charge is 2.13. The lowest BCUT2D eigenvalue weighted by atomic mass is 10.2. The molecule has 0 amide bonds. The second-order valence-electron chi connectivity index (χ2n) is 3.90. The Bertz CT molecular complexity index is 547. The van der Waals surface area contributed by atoms with Crippen LogP contribution in [-0.4, -0.2) is 30.4 Å². The van der Waals surface area contributed by atoms with Crippen LogP contribution in [-0.2, 0) is 23.8 Å². The van der Waals surface area contributed by atoms with Gasteiger partial charge in [0.2, 0.25) is 5.88 Å². The topological polar surface area (TPSA) is 92.2 Å². The van der Waals surface area contributed by atoms with E-state index in [2.05, 4.69) is 4.98 Å². The Morgan fingerprint density at radius 2 is 2.00 bits per heavy atom. The van der Waals surface area contributed by atoms with Crippen molar-refractivity contribution < 1.29 is 9.32 Å². The highest BCUT2D eigenvalue weighted by molar-refractivity contribution is 7.84. The molecule has 0 fully saturated rings. The fraction of sp³-hybridized carbons (Fsp3) is 0.636. The summed E-state index contributed by atoms with van der Waals surface area (Å²) in [6.45, 7) is 3.80. The van der Waals surface area contributed by atoms with E-state index in [4.69, 9.17) is 0 Å². The zero-order valence-corrected chi connectivity index (χ0v) is 11.4. The van der Waals surface area contributed by atoms with Crippen LogP contribution in [0.25, 0.3) is 0 Å². The van der Waals surface area contributed by atoms with Gasteiger partial charge in [-0.15, -0.1) is 0 Å². The van der Waals surface area contributed by atoms with Crippen LogP contribution in [0, 0.1) is 0 Å². The molecule has 0 aliphatic carbocycles. The SMILES string of the molecule is CCCc1c(O)n(CCS(=O)CC)c(=O)[nH]c1=O. The molecule has 7 heteroatoms. The number of nitrogens with one attached hydrogen (secondary N) is 1. The zero-order chi connectivity index (χ0) is 13.7. The number of aromatic hydroxyl groups is 1. The van der Waals surface area contributed by atoms with Crippen molar-refractivity contribution in [2.75, 3.05) is 11.5 Å². The van der Waals surface area contributed by atoms with Crippen molar-refractivity contribution >= 4 is 10.8 Å². The van der Waals surface area contributed by atoms with Crippen LogP contribution in [0.4, 0.5) is 0 Å². The maximum Gasteiger partial charge on any atom is 0.331 e. The van der Waals surface area contributed by atoms with Crippen molar-refractivity contribution in [2.45, 2.75) is 33.2 Å². The highest BCUT2D eigenvalue weighted by atomic mass is 32.2. The van der Waals surface area contributed by atoms with Gasteiger partial charge in [0.15, 0.2) is 0 Å². The first-order valence-corrected chi connectivity index (χ1v) is 7.40. The molecule has 1 aromatic heterocycles. The lowest BCUT2D eigenvalue weighted by molar-refractivity contribution is 0.398. The fourth-order valence-corrected chi connectivity index (χ4v) is 2.30. The molecule has 102 valence electrons. The monoisotopic (exact) mass is 274 g/mol. The third-order valence-electron chi connectivity index (χ3n) is 2.63. The Morgan fingerprint density at radius 1 is 1.33 bits per heavy atom. The minimum absolute atomic E-state index is 0.138. The number of H-pyrrole nitrogens is 1. The van der Waals surface area contributed by atoms with Gasteiger partial charge in [-0.25, -0.2) is 4.79 Å². The van der Waals surface area contributed by atoms with Crippen LogP contribution in [0.1, 0.15) is 25.8 Å². The minimum atomic E-state index is -1.02. The van der Waals surface area contributed by atoms with Crippen molar-refractivity contribution in [2.24, 2.45) is 0 Å². The van der Waals surface area contributed by atoms with Crippen molar-refractivity contribution in [1.82, 2.24) is 9.55 Å². The molecule has 0 saturated carbocycles. The number of hydrogen-bond acceptors (Lipinski definition) is 4. The summed E-state index contributed by atoms with van der Waals surface area (Å²) in [6, 6.07) is 0. The molecule has 1 atom stereocenters. The number of hydrogen-bond donors (Lipinski definition) is 2. The molecule has 6 nitrogen and oxygen atoms in total. The molecule has 2 N–H and O–H groups in total. The van der Waals surface area contributed by atoms with E-state index < -0.39 is 22.0 Å². The van der Waals surface area contributed by atoms with Crippen LogP contribution in [0.2, 0.25) is 0 Å². The summed E-state index contributed by atoms with van der Waals surface area (Å²) in [5.74, 6) is 0.473. The largest absolute Gasteiger partial charge is 0.494 e. The third kappa shape index (κ3) is 3.32. The molecule has 1 rings (SSSR count).